The van der Waals surface area contributed by atoms with Crippen LogP contribution in [0.25, 0.3) is 27.5 Å². The van der Waals surface area contributed by atoms with Crippen molar-refractivity contribution < 1.29 is 0 Å². The van der Waals surface area contributed by atoms with Crippen LogP contribution in [0.15, 0.2) is 109 Å². The van der Waals surface area contributed by atoms with E-state index in [1.165, 1.54) is 32.9 Å². The molecule has 6 aromatic rings. The van der Waals surface area contributed by atoms with E-state index in [4.69, 9.17) is 23.2 Å². The molecule has 0 N–H and O–H groups in total. The summed E-state index contributed by atoms with van der Waals surface area (Å²) in [6, 6.07) is 38.3. The summed E-state index contributed by atoms with van der Waals surface area (Å²) in [5, 5.41) is 3.85. The van der Waals surface area contributed by atoms with Crippen molar-refractivity contribution in [2.24, 2.45) is 0 Å². The van der Waals surface area contributed by atoms with Gasteiger partial charge in [0.1, 0.15) is 0 Å². The van der Waals surface area contributed by atoms with Crippen LogP contribution in [0.5, 0.6) is 0 Å². The maximum Gasteiger partial charge on any atom is 0.0542 e. The number of hydrogen-bond acceptors (Lipinski definition) is 1. The largest absolute Gasteiger partial charge is 0.310 e. The molecule has 2 heterocycles. The smallest absolute Gasteiger partial charge is 0.0542 e. The molecule has 5 aromatic carbocycles. The molecular formula is C33H24Cl2N2. The Kier molecular flexibility index (Phi) is 4.95. The normalized spacial score (nSPS) is 14.1. The number of rotatable bonds is 2. The second kappa shape index (κ2) is 8.14. The highest BCUT2D eigenvalue weighted by atomic mass is 35.5. The topological polar surface area (TPSA) is 8.17 Å². The van der Waals surface area contributed by atoms with Crippen LogP contribution >= 0.6 is 23.2 Å². The highest BCUT2D eigenvalue weighted by molar-refractivity contribution is 6.31. The summed E-state index contributed by atoms with van der Waals surface area (Å²) in [5.41, 5.74) is 9.03. The first-order chi connectivity index (χ1) is 17.9. The van der Waals surface area contributed by atoms with Gasteiger partial charge in [-0.1, -0.05) is 85.6 Å². The Morgan fingerprint density at radius 2 is 1.14 bits per heavy atom. The van der Waals surface area contributed by atoms with Crippen molar-refractivity contribution in [1.82, 2.24) is 4.57 Å². The third kappa shape index (κ3) is 3.33. The van der Waals surface area contributed by atoms with Crippen LogP contribution in [-0.4, -0.2) is 4.57 Å². The van der Waals surface area contributed by atoms with Gasteiger partial charge in [-0.15, -0.1) is 0 Å². The molecule has 0 radical (unpaired) electrons. The van der Waals surface area contributed by atoms with Crippen molar-refractivity contribution in [3.63, 3.8) is 0 Å². The molecule has 1 aliphatic rings. The molecule has 4 heteroatoms. The summed E-state index contributed by atoms with van der Waals surface area (Å²) in [7, 11) is 0. The Balaban J connectivity index is 1.54. The van der Waals surface area contributed by atoms with Crippen molar-refractivity contribution in [3.8, 4) is 5.69 Å². The number of hydrogen-bond donors (Lipinski definition) is 0. The van der Waals surface area contributed by atoms with E-state index in [0.29, 0.717) is 10.0 Å². The first-order valence-electron chi connectivity index (χ1n) is 12.4. The zero-order valence-corrected chi connectivity index (χ0v) is 22.1. The van der Waals surface area contributed by atoms with E-state index in [1.807, 2.05) is 12.1 Å². The minimum absolute atomic E-state index is 0.191. The average Bonchev–Trinajstić information content (AvgIpc) is 3.23. The molecule has 0 saturated carbocycles. The molecular weight excluding hydrogens is 495 g/mol. The van der Waals surface area contributed by atoms with Gasteiger partial charge in [0.2, 0.25) is 0 Å². The maximum atomic E-state index is 6.57. The summed E-state index contributed by atoms with van der Waals surface area (Å²) in [4.78, 5) is 2.31. The van der Waals surface area contributed by atoms with Crippen molar-refractivity contribution >= 4 is 62.1 Å². The van der Waals surface area contributed by atoms with Gasteiger partial charge in [0.05, 0.1) is 22.4 Å². The molecule has 0 unspecified atom stereocenters. The van der Waals surface area contributed by atoms with E-state index in [1.54, 1.807) is 0 Å². The Hall–Kier alpha value is -3.72. The number of benzene rings is 5. The van der Waals surface area contributed by atoms with Crippen LogP contribution in [-0.2, 0) is 5.41 Å². The second-order valence-corrected chi connectivity index (χ2v) is 11.0. The quantitative estimate of drug-likeness (QED) is 0.221. The number of halogens is 2. The van der Waals surface area contributed by atoms with Crippen molar-refractivity contribution in [2.45, 2.75) is 19.3 Å². The molecule has 0 bridgehead atoms. The van der Waals surface area contributed by atoms with E-state index in [-0.39, 0.29) is 5.41 Å². The van der Waals surface area contributed by atoms with Crippen LogP contribution < -0.4 is 4.90 Å². The van der Waals surface area contributed by atoms with Crippen LogP contribution in [0.2, 0.25) is 10.0 Å². The monoisotopic (exact) mass is 518 g/mol. The van der Waals surface area contributed by atoms with Gasteiger partial charge >= 0.3 is 0 Å². The molecule has 1 aliphatic heterocycles. The van der Waals surface area contributed by atoms with E-state index < -0.39 is 0 Å². The van der Waals surface area contributed by atoms with Crippen molar-refractivity contribution in [3.05, 3.63) is 130 Å². The first-order valence-corrected chi connectivity index (χ1v) is 13.2. The third-order valence-electron chi connectivity index (χ3n) is 7.68. The molecule has 1 aromatic heterocycles. The lowest BCUT2D eigenvalue weighted by atomic mass is 9.73. The maximum absolute atomic E-state index is 6.57. The summed E-state index contributed by atoms with van der Waals surface area (Å²) < 4.78 is 2.34. The molecule has 37 heavy (non-hydrogen) atoms. The SMILES string of the molecule is CC1(C)c2ccc(Cl)cc2N(c2ccc3c(c2)c2ccccc2n3-c2ccccc2)c2cc(Cl)ccc21. The molecule has 2 nitrogen and oxygen atoms in total. The fraction of sp³-hybridized carbons (Fsp3) is 0.0909. The molecule has 0 saturated heterocycles. The zero-order chi connectivity index (χ0) is 25.3. The van der Waals surface area contributed by atoms with Gasteiger partial charge in [0.15, 0.2) is 0 Å². The standard InChI is InChI=1S/C33H24Cl2N2/c1-33(2)27-15-12-21(34)18-31(27)37(32-19-22(35)13-16-28(32)33)24-14-17-30-26(20-24)25-10-6-7-11-29(25)36(30)23-8-4-3-5-9-23/h3-20H,1-2H3. The van der Waals surface area contributed by atoms with Crippen LogP contribution in [0.3, 0.4) is 0 Å². The fourth-order valence-corrected chi connectivity index (χ4v) is 6.28. The Morgan fingerprint density at radius 1 is 0.541 bits per heavy atom. The summed E-state index contributed by atoms with van der Waals surface area (Å²) >= 11 is 13.1. The predicted octanol–water partition coefficient (Wildman–Crippen LogP) is 10.2. The first kappa shape index (κ1) is 22.5. The van der Waals surface area contributed by atoms with E-state index in [2.05, 4.69) is 120 Å². The van der Waals surface area contributed by atoms with Crippen LogP contribution in [0.1, 0.15) is 25.0 Å². The van der Waals surface area contributed by atoms with E-state index in [9.17, 15) is 0 Å². The van der Waals surface area contributed by atoms with Crippen LogP contribution in [0.4, 0.5) is 17.1 Å². The zero-order valence-electron chi connectivity index (χ0n) is 20.5. The Bertz CT molecular complexity index is 1780. The molecule has 0 amide bonds. The van der Waals surface area contributed by atoms with Gasteiger partial charge in [-0.05, 0) is 71.8 Å². The van der Waals surface area contributed by atoms with E-state index in [0.717, 1.165) is 22.7 Å². The predicted molar refractivity (Wildman–Crippen MR) is 158 cm³/mol. The van der Waals surface area contributed by atoms with Gasteiger partial charge in [0.25, 0.3) is 0 Å². The molecule has 0 spiro atoms. The summed E-state index contributed by atoms with van der Waals surface area (Å²) in [6.07, 6.45) is 0. The third-order valence-corrected chi connectivity index (χ3v) is 8.15. The number of para-hydroxylation sites is 2. The van der Waals surface area contributed by atoms with Crippen LogP contribution in [0, 0.1) is 0 Å². The Morgan fingerprint density at radius 3 is 1.81 bits per heavy atom. The van der Waals surface area contributed by atoms with Gasteiger partial charge in [0, 0.05) is 37.6 Å². The van der Waals surface area contributed by atoms with Crippen molar-refractivity contribution in [2.75, 3.05) is 4.90 Å². The van der Waals surface area contributed by atoms with E-state index >= 15 is 0 Å². The van der Waals surface area contributed by atoms with Gasteiger partial charge in [-0.3, -0.25) is 0 Å². The minimum Gasteiger partial charge on any atom is -0.310 e. The summed E-state index contributed by atoms with van der Waals surface area (Å²) in [6.45, 7) is 4.53. The number of aromatic nitrogens is 1. The molecule has 0 fully saturated rings. The van der Waals surface area contributed by atoms with Gasteiger partial charge < -0.3 is 9.47 Å². The fourth-order valence-electron chi connectivity index (χ4n) is 5.94. The lowest BCUT2D eigenvalue weighted by Crippen LogP contribution is -2.30. The number of anilines is 3. The summed E-state index contributed by atoms with van der Waals surface area (Å²) in [5.74, 6) is 0. The number of fused-ring (bicyclic) bond motifs is 5. The molecule has 0 atom stereocenters. The molecule has 7 rings (SSSR count). The highest BCUT2D eigenvalue weighted by Gasteiger charge is 2.37. The second-order valence-electron chi connectivity index (χ2n) is 10.2. The van der Waals surface area contributed by atoms with Gasteiger partial charge in [-0.2, -0.15) is 0 Å². The molecule has 180 valence electrons. The Labute approximate surface area is 226 Å². The number of nitrogens with zero attached hydrogens (tertiary/aromatic N) is 2. The lowest BCUT2D eigenvalue weighted by Gasteiger charge is -2.42. The highest BCUT2D eigenvalue weighted by Crippen LogP contribution is 2.53. The minimum atomic E-state index is -0.191. The van der Waals surface area contributed by atoms with Gasteiger partial charge in [-0.25, -0.2) is 0 Å². The molecule has 0 aliphatic carbocycles. The van der Waals surface area contributed by atoms with Crippen molar-refractivity contribution in [1.29, 1.82) is 0 Å². The average molecular weight is 519 g/mol. The lowest BCUT2D eigenvalue weighted by molar-refractivity contribution is 0.632.